The lowest BCUT2D eigenvalue weighted by Crippen LogP contribution is -2.47. The number of hydroxylamine groups is 2. The fourth-order valence-corrected chi connectivity index (χ4v) is 2.89. The Morgan fingerprint density at radius 2 is 1.79 bits per heavy atom. The maximum absolute atomic E-state index is 12.9. The fourth-order valence-electron chi connectivity index (χ4n) is 2.89. The van der Waals surface area contributed by atoms with Crippen LogP contribution in [0.25, 0.3) is 0 Å². The Labute approximate surface area is 163 Å². The first-order chi connectivity index (χ1) is 13.8. The molecule has 0 N–H and O–H groups in total. The molecule has 1 aromatic heterocycles. The van der Waals surface area contributed by atoms with Crippen LogP contribution in [0.4, 0.5) is 0 Å². The van der Waals surface area contributed by atoms with Crippen LogP contribution in [-0.4, -0.2) is 35.2 Å². The van der Waals surface area contributed by atoms with Crippen LogP contribution in [0.15, 0.2) is 85.2 Å². The molecule has 4 rings (SSSR count). The van der Waals surface area contributed by atoms with Crippen LogP contribution in [-0.2, 0) is 9.57 Å². The molecule has 3 aromatic rings. The fraction of sp³-hybridized carbons (Fsp3) is 0.182. The zero-order valence-corrected chi connectivity index (χ0v) is 15.2. The topological polar surface area (TPSA) is 60.9 Å². The molecule has 1 amide bonds. The predicted octanol–water partition coefficient (Wildman–Crippen LogP) is 3.63. The molecule has 142 valence electrons. The Hall–Kier alpha value is -3.22. The molecule has 1 fully saturated rings. The van der Waals surface area contributed by atoms with Crippen LogP contribution < -0.4 is 4.74 Å². The van der Waals surface area contributed by atoms with Crippen LogP contribution in [0.1, 0.15) is 22.2 Å². The van der Waals surface area contributed by atoms with Gasteiger partial charge in [-0.3, -0.25) is 9.78 Å². The van der Waals surface area contributed by atoms with Gasteiger partial charge in [-0.05, 0) is 30.3 Å². The number of benzene rings is 2. The maximum atomic E-state index is 12.9. The van der Waals surface area contributed by atoms with Gasteiger partial charge in [-0.1, -0.05) is 42.5 Å². The lowest BCUT2D eigenvalue weighted by molar-refractivity contribution is -0.325. The molecule has 6 nitrogen and oxygen atoms in total. The molecular weight excluding hydrogens is 356 g/mol. The van der Waals surface area contributed by atoms with E-state index in [1.54, 1.807) is 30.6 Å². The molecule has 0 spiro atoms. The van der Waals surface area contributed by atoms with Crippen LogP contribution in [0.2, 0.25) is 0 Å². The van der Waals surface area contributed by atoms with Crippen molar-refractivity contribution in [1.82, 2.24) is 10.0 Å². The van der Waals surface area contributed by atoms with Crippen molar-refractivity contribution in [2.75, 3.05) is 13.2 Å². The van der Waals surface area contributed by atoms with Crippen molar-refractivity contribution in [2.24, 2.45) is 0 Å². The van der Waals surface area contributed by atoms with Crippen molar-refractivity contribution in [2.45, 2.75) is 12.4 Å². The minimum atomic E-state index is -0.737. The largest absolute Gasteiger partial charge is 0.491 e. The quantitative estimate of drug-likeness (QED) is 0.680. The second-order valence-corrected chi connectivity index (χ2v) is 6.34. The number of hydrogen-bond acceptors (Lipinski definition) is 5. The summed E-state index contributed by atoms with van der Waals surface area (Å²) in [6, 6.07) is 22.2. The van der Waals surface area contributed by atoms with Crippen molar-refractivity contribution in [3.8, 4) is 5.75 Å². The van der Waals surface area contributed by atoms with E-state index >= 15 is 0 Å². The zero-order chi connectivity index (χ0) is 19.2. The number of nitrogens with zero attached hydrogens (tertiary/aromatic N) is 2. The minimum Gasteiger partial charge on any atom is -0.491 e. The average Bonchev–Trinajstić information content (AvgIpc) is 2.79. The minimum absolute atomic E-state index is 0.220. The van der Waals surface area contributed by atoms with Gasteiger partial charge in [-0.25, -0.2) is 9.90 Å². The first kappa shape index (κ1) is 18.2. The third-order valence-electron chi connectivity index (χ3n) is 4.29. The molecule has 2 atom stereocenters. The number of amides is 1. The molecule has 0 saturated carbocycles. The van der Waals surface area contributed by atoms with Gasteiger partial charge in [0.15, 0.2) is 0 Å². The predicted molar refractivity (Wildman–Crippen MR) is 102 cm³/mol. The maximum Gasteiger partial charge on any atom is 0.277 e. The highest BCUT2D eigenvalue weighted by atomic mass is 16.8. The van der Waals surface area contributed by atoms with E-state index in [-0.39, 0.29) is 18.6 Å². The van der Waals surface area contributed by atoms with Crippen molar-refractivity contribution < 1.29 is 19.1 Å². The van der Waals surface area contributed by atoms with E-state index < -0.39 is 6.29 Å². The number of hydrogen-bond donors (Lipinski definition) is 0. The van der Waals surface area contributed by atoms with Gasteiger partial charge < -0.3 is 9.47 Å². The summed E-state index contributed by atoms with van der Waals surface area (Å²) in [4.78, 5) is 22.8. The number of carbonyl (C=O) groups excluding carboxylic acids is 1. The van der Waals surface area contributed by atoms with Crippen molar-refractivity contribution in [3.63, 3.8) is 0 Å². The van der Waals surface area contributed by atoms with E-state index in [4.69, 9.17) is 14.3 Å². The molecule has 0 radical (unpaired) electrons. The van der Waals surface area contributed by atoms with Crippen LogP contribution in [0, 0.1) is 0 Å². The third-order valence-corrected chi connectivity index (χ3v) is 4.29. The Bertz CT molecular complexity index is 890. The Morgan fingerprint density at radius 3 is 2.50 bits per heavy atom. The summed E-state index contributed by atoms with van der Waals surface area (Å²) < 4.78 is 11.9. The highest BCUT2D eigenvalue weighted by Crippen LogP contribution is 2.27. The highest BCUT2D eigenvalue weighted by molar-refractivity contribution is 5.93. The molecule has 1 aliphatic heterocycles. The molecule has 2 heterocycles. The number of carbonyl (C=O) groups is 1. The van der Waals surface area contributed by atoms with Gasteiger partial charge in [0.05, 0.1) is 6.54 Å². The molecule has 0 bridgehead atoms. The molecule has 0 aliphatic carbocycles. The molecule has 0 unspecified atom stereocenters. The molecule has 6 heteroatoms. The van der Waals surface area contributed by atoms with Gasteiger partial charge >= 0.3 is 0 Å². The van der Waals surface area contributed by atoms with Crippen LogP contribution in [0.3, 0.4) is 0 Å². The van der Waals surface area contributed by atoms with Crippen molar-refractivity contribution in [1.29, 1.82) is 0 Å². The molecule has 1 saturated heterocycles. The third kappa shape index (κ3) is 4.36. The van der Waals surface area contributed by atoms with E-state index in [0.717, 1.165) is 11.3 Å². The molecule has 28 heavy (non-hydrogen) atoms. The van der Waals surface area contributed by atoms with Gasteiger partial charge in [-0.15, -0.1) is 0 Å². The summed E-state index contributed by atoms with van der Waals surface area (Å²) in [5.74, 6) is 0.527. The van der Waals surface area contributed by atoms with Crippen LogP contribution in [0.5, 0.6) is 5.75 Å². The molecular formula is C22H20N2O4. The number of ether oxygens (including phenoxy) is 2. The van der Waals surface area contributed by atoms with Gasteiger partial charge in [0.1, 0.15) is 18.5 Å². The first-order valence-corrected chi connectivity index (χ1v) is 9.06. The lowest BCUT2D eigenvalue weighted by Gasteiger charge is -2.37. The number of rotatable bonds is 5. The smallest absolute Gasteiger partial charge is 0.277 e. The zero-order valence-electron chi connectivity index (χ0n) is 15.2. The standard InChI is InChI=1S/C22H20N2O4/c25-21(17-8-3-1-4-9-17)24-15-20(16-26-19-11-5-2-6-12-19)27-22(28-24)18-10-7-13-23-14-18/h1-14,20,22H,15-16H2/t20-,22-/m1/s1. The lowest BCUT2D eigenvalue weighted by atomic mass is 10.2. The van der Waals surface area contributed by atoms with Crippen molar-refractivity contribution in [3.05, 3.63) is 96.3 Å². The number of pyridine rings is 1. The monoisotopic (exact) mass is 376 g/mol. The highest BCUT2D eigenvalue weighted by Gasteiger charge is 2.34. The van der Waals surface area contributed by atoms with Crippen LogP contribution >= 0.6 is 0 Å². The summed E-state index contributed by atoms with van der Waals surface area (Å²) in [7, 11) is 0. The molecule has 2 aromatic carbocycles. The molecule has 1 aliphatic rings. The van der Waals surface area contributed by atoms with E-state index in [1.165, 1.54) is 5.06 Å². The second-order valence-electron chi connectivity index (χ2n) is 6.34. The van der Waals surface area contributed by atoms with E-state index in [0.29, 0.717) is 12.2 Å². The summed E-state index contributed by atoms with van der Waals surface area (Å²) >= 11 is 0. The van der Waals surface area contributed by atoms with Gasteiger partial charge in [-0.2, -0.15) is 0 Å². The average molecular weight is 376 g/mol. The summed E-state index contributed by atoms with van der Waals surface area (Å²) in [5.41, 5.74) is 1.29. The van der Waals surface area contributed by atoms with Gasteiger partial charge in [0.25, 0.3) is 5.91 Å². The number of aromatic nitrogens is 1. The Kier molecular flexibility index (Phi) is 5.61. The van der Waals surface area contributed by atoms with Crippen molar-refractivity contribution >= 4 is 5.91 Å². The van der Waals surface area contributed by atoms with E-state index in [2.05, 4.69) is 4.98 Å². The first-order valence-electron chi connectivity index (χ1n) is 9.06. The Morgan fingerprint density at radius 1 is 1.04 bits per heavy atom. The summed E-state index contributed by atoms with van der Waals surface area (Å²) in [6.07, 6.45) is 2.25. The second kappa shape index (κ2) is 8.65. The van der Waals surface area contributed by atoms with E-state index in [9.17, 15) is 4.79 Å². The number of para-hydroxylation sites is 1. The SMILES string of the molecule is O=C(c1ccccc1)N1C[C@H](COc2ccccc2)O[C@@H](c2cccnc2)O1. The Balaban J connectivity index is 1.51. The van der Waals surface area contributed by atoms with E-state index in [1.807, 2.05) is 54.6 Å². The normalized spacial score (nSPS) is 19.2. The van der Waals surface area contributed by atoms with Gasteiger partial charge in [0.2, 0.25) is 6.29 Å². The summed E-state index contributed by atoms with van der Waals surface area (Å²) in [5, 5.41) is 1.34. The van der Waals surface area contributed by atoms with Gasteiger partial charge in [0, 0.05) is 23.5 Å². The summed E-state index contributed by atoms with van der Waals surface area (Å²) in [6.45, 7) is 0.556.